The summed E-state index contributed by atoms with van der Waals surface area (Å²) >= 11 is 6.29. The van der Waals surface area contributed by atoms with Gasteiger partial charge in [0.15, 0.2) is 5.82 Å². The minimum Gasteiger partial charge on any atom is -0.494 e. The maximum absolute atomic E-state index is 12.7. The van der Waals surface area contributed by atoms with Crippen LogP contribution in [0.2, 0.25) is 5.02 Å². The average molecular weight is 416 g/mol. The van der Waals surface area contributed by atoms with Crippen molar-refractivity contribution in [3.8, 4) is 11.6 Å². The van der Waals surface area contributed by atoms with Crippen LogP contribution in [0.1, 0.15) is 35.4 Å². The van der Waals surface area contributed by atoms with E-state index in [1.165, 1.54) is 17.2 Å². The van der Waals surface area contributed by atoms with Gasteiger partial charge in [-0.15, -0.1) is 4.80 Å². The molecule has 9 heteroatoms. The van der Waals surface area contributed by atoms with Crippen LogP contribution in [0.25, 0.3) is 5.82 Å². The quantitative estimate of drug-likeness (QED) is 0.558. The third kappa shape index (κ3) is 4.60. The molecule has 3 aromatic heterocycles. The SMILES string of the molecule is COc1c(C)ncc(CC(=O)Cc2cnc(-n3nccn3)c(Cl)c2)c1[C@@H](C)OC. The summed E-state index contributed by atoms with van der Waals surface area (Å²) in [5.41, 5.74) is 3.08. The van der Waals surface area contributed by atoms with Gasteiger partial charge in [-0.25, -0.2) is 4.98 Å². The first kappa shape index (κ1) is 20.9. The van der Waals surface area contributed by atoms with Crippen LogP contribution < -0.4 is 4.74 Å². The fourth-order valence-electron chi connectivity index (χ4n) is 3.15. The Kier molecular flexibility index (Phi) is 6.56. The molecule has 0 aliphatic carbocycles. The van der Waals surface area contributed by atoms with E-state index < -0.39 is 0 Å². The Morgan fingerprint density at radius 1 is 1.17 bits per heavy atom. The van der Waals surface area contributed by atoms with Gasteiger partial charge in [-0.1, -0.05) is 11.6 Å². The number of aromatic nitrogens is 5. The number of carbonyl (C=O) groups excluding carboxylic acids is 1. The fourth-order valence-corrected chi connectivity index (χ4v) is 3.41. The van der Waals surface area contributed by atoms with Crippen molar-refractivity contribution in [2.24, 2.45) is 0 Å². The number of ketones is 1. The van der Waals surface area contributed by atoms with Crippen LogP contribution in [-0.2, 0) is 22.4 Å². The second-order valence-electron chi connectivity index (χ2n) is 6.55. The van der Waals surface area contributed by atoms with E-state index in [9.17, 15) is 4.79 Å². The molecular weight excluding hydrogens is 394 g/mol. The van der Waals surface area contributed by atoms with Gasteiger partial charge in [-0.3, -0.25) is 9.78 Å². The molecule has 0 aromatic carbocycles. The van der Waals surface area contributed by atoms with Gasteiger partial charge in [0.05, 0.1) is 36.3 Å². The maximum atomic E-state index is 12.7. The van der Waals surface area contributed by atoms with E-state index in [2.05, 4.69) is 20.2 Å². The van der Waals surface area contributed by atoms with Crippen LogP contribution in [-0.4, -0.2) is 45.0 Å². The molecule has 3 heterocycles. The van der Waals surface area contributed by atoms with Crippen molar-refractivity contribution in [2.75, 3.05) is 14.2 Å². The Morgan fingerprint density at radius 2 is 1.90 bits per heavy atom. The molecular formula is C20H22ClN5O3. The predicted octanol–water partition coefficient (Wildman–Crippen LogP) is 3.09. The highest BCUT2D eigenvalue weighted by Crippen LogP contribution is 2.32. The topological polar surface area (TPSA) is 92.0 Å². The number of methoxy groups -OCH3 is 2. The zero-order valence-corrected chi connectivity index (χ0v) is 17.5. The molecule has 0 aliphatic rings. The molecule has 0 radical (unpaired) electrons. The molecule has 0 saturated heterocycles. The monoisotopic (exact) mass is 415 g/mol. The molecule has 8 nitrogen and oxygen atoms in total. The third-order valence-electron chi connectivity index (χ3n) is 4.57. The van der Waals surface area contributed by atoms with Crippen LogP contribution in [0.15, 0.2) is 30.9 Å². The highest BCUT2D eigenvalue weighted by atomic mass is 35.5. The second kappa shape index (κ2) is 9.11. The third-order valence-corrected chi connectivity index (χ3v) is 4.85. The lowest BCUT2D eigenvalue weighted by atomic mass is 9.97. The molecule has 0 saturated carbocycles. The van der Waals surface area contributed by atoms with Crippen molar-refractivity contribution in [3.63, 3.8) is 0 Å². The summed E-state index contributed by atoms with van der Waals surface area (Å²) in [6.45, 7) is 3.77. The van der Waals surface area contributed by atoms with Crippen molar-refractivity contribution >= 4 is 17.4 Å². The fraction of sp³-hybridized carbons (Fsp3) is 0.350. The van der Waals surface area contributed by atoms with E-state index in [1.54, 1.807) is 32.7 Å². The smallest absolute Gasteiger partial charge is 0.193 e. The number of rotatable bonds is 8. The first-order chi connectivity index (χ1) is 13.9. The summed E-state index contributed by atoms with van der Waals surface area (Å²) in [5.74, 6) is 1.06. The molecule has 0 bridgehead atoms. The predicted molar refractivity (Wildman–Crippen MR) is 108 cm³/mol. The Labute approximate surface area is 173 Å². The van der Waals surface area contributed by atoms with Gasteiger partial charge in [0, 0.05) is 37.9 Å². The molecule has 29 heavy (non-hydrogen) atoms. The summed E-state index contributed by atoms with van der Waals surface area (Å²) in [5, 5.41) is 8.40. The molecule has 0 spiro atoms. The van der Waals surface area contributed by atoms with Crippen LogP contribution in [0, 0.1) is 6.92 Å². The molecule has 0 unspecified atom stereocenters. The van der Waals surface area contributed by atoms with Crippen LogP contribution >= 0.6 is 11.6 Å². The van der Waals surface area contributed by atoms with Crippen molar-refractivity contribution in [2.45, 2.75) is 32.8 Å². The number of nitrogens with zero attached hydrogens (tertiary/aromatic N) is 5. The molecule has 0 aliphatic heterocycles. The van der Waals surface area contributed by atoms with Crippen molar-refractivity contribution in [3.05, 3.63) is 58.3 Å². The summed E-state index contributed by atoms with van der Waals surface area (Å²) in [7, 11) is 3.21. The Morgan fingerprint density at radius 3 is 2.52 bits per heavy atom. The van der Waals surface area contributed by atoms with E-state index in [1.807, 2.05) is 13.8 Å². The number of Topliss-reactive ketones (excluding diaryl/α,β-unsaturated/α-hetero) is 1. The van der Waals surface area contributed by atoms with Gasteiger partial charge < -0.3 is 9.47 Å². The number of hydrogen-bond donors (Lipinski definition) is 0. The highest BCUT2D eigenvalue weighted by molar-refractivity contribution is 6.32. The van der Waals surface area contributed by atoms with E-state index >= 15 is 0 Å². The summed E-state index contributed by atoms with van der Waals surface area (Å²) in [6, 6.07) is 1.71. The minimum atomic E-state index is -0.230. The van der Waals surface area contributed by atoms with Crippen molar-refractivity contribution < 1.29 is 14.3 Å². The van der Waals surface area contributed by atoms with Gasteiger partial charge in [0.25, 0.3) is 0 Å². The van der Waals surface area contributed by atoms with Crippen LogP contribution in [0.5, 0.6) is 5.75 Å². The molecule has 3 rings (SSSR count). The number of aryl methyl sites for hydroxylation is 1. The number of hydrogen-bond acceptors (Lipinski definition) is 7. The van der Waals surface area contributed by atoms with Gasteiger partial charge in [0.1, 0.15) is 11.5 Å². The Hall–Kier alpha value is -2.84. The standard InChI is InChI=1S/C20H22ClN5O3/c1-12-19(29-4)18(13(2)28-3)15(11-22-12)9-16(27)7-14-8-17(21)20(23-10-14)26-24-5-6-25-26/h5-6,8,10-11,13H,7,9H2,1-4H3/t13-/m1/s1. The number of halogens is 1. The number of pyridine rings is 2. The largest absolute Gasteiger partial charge is 0.494 e. The van der Waals surface area contributed by atoms with Crippen molar-refractivity contribution in [1.82, 2.24) is 25.0 Å². The average Bonchev–Trinajstić information content (AvgIpc) is 3.23. The second-order valence-corrected chi connectivity index (χ2v) is 6.96. The normalized spacial score (nSPS) is 12.0. The molecule has 0 fully saturated rings. The van der Waals surface area contributed by atoms with E-state index in [-0.39, 0.29) is 24.7 Å². The summed E-state index contributed by atoms with van der Waals surface area (Å²) in [6.07, 6.45) is 6.55. The van der Waals surface area contributed by atoms with E-state index in [4.69, 9.17) is 21.1 Å². The lowest BCUT2D eigenvalue weighted by molar-refractivity contribution is -0.117. The zero-order chi connectivity index (χ0) is 21.0. The molecule has 3 aromatic rings. The maximum Gasteiger partial charge on any atom is 0.193 e. The Balaban J connectivity index is 1.80. The molecule has 0 N–H and O–H groups in total. The lowest BCUT2D eigenvalue weighted by Gasteiger charge is -2.19. The lowest BCUT2D eigenvalue weighted by Crippen LogP contribution is -2.13. The van der Waals surface area contributed by atoms with Gasteiger partial charge in [-0.05, 0) is 31.0 Å². The Bertz CT molecular complexity index is 1010. The first-order valence-electron chi connectivity index (χ1n) is 9.02. The van der Waals surface area contributed by atoms with E-state index in [0.717, 1.165) is 16.8 Å². The first-order valence-corrected chi connectivity index (χ1v) is 9.40. The summed E-state index contributed by atoms with van der Waals surface area (Å²) in [4.78, 5) is 22.7. The van der Waals surface area contributed by atoms with Crippen LogP contribution in [0.3, 0.4) is 0 Å². The zero-order valence-electron chi connectivity index (χ0n) is 16.7. The van der Waals surface area contributed by atoms with Gasteiger partial charge in [0.2, 0.25) is 0 Å². The molecule has 1 atom stereocenters. The minimum absolute atomic E-state index is 0.00471. The number of ether oxygens (including phenoxy) is 2. The van der Waals surface area contributed by atoms with E-state index in [0.29, 0.717) is 22.2 Å². The van der Waals surface area contributed by atoms with Gasteiger partial charge in [-0.2, -0.15) is 10.2 Å². The van der Waals surface area contributed by atoms with Crippen LogP contribution in [0.4, 0.5) is 0 Å². The van der Waals surface area contributed by atoms with Gasteiger partial charge >= 0.3 is 0 Å². The molecule has 0 amide bonds. The molecule has 152 valence electrons. The highest BCUT2D eigenvalue weighted by Gasteiger charge is 2.21. The summed E-state index contributed by atoms with van der Waals surface area (Å²) < 4.78 is 11.0. The number of carbonyl (C=O) groups is 1. The van der Waals surface area contributed by atoms with Crippen molar-refractivity contribution in [1.29, 1.82) is 0 Å².